The van der Waals surface area contributed by atoms with E-state index in [-0.39, 0.29) is 16.8 Å². The molecule has 0 amide bonds. The summed E-state index contributed by atoms with van der Waals surface area (Å²) in [6.45, 7) is 5.27. The summed E-state index contributed by atoms with van der Waals surface area (Å²) in [4.78, 5) is 14.0. The van der Waals surface area contributed by atoms with Gasteiger partial charge in [-0.05, 0) is 68.6 Å². The highest BCUT2D eigenvalue weighted by Gasteiger charge is 2.57. The van der Waals surface area contributed by atoms with Crippen molar-refractivity contribution in [1.29, 1.82) is 0 Å². The van der Waals surface area contributed by atoms with Crippen molar-refractivity contribution in [2.24, 2.45) is 22.7 Å². The molecule has 0 aromatic heterocycles. The number of hydrogen-bond donors (Lipinski definition) is 0. The van der Waals surface area contributed by atoms with E-state index in [9.17, 15) is 4.79 Å². The third-order valence-corrected chi connectivity index (χ3v) is 10.7. The van der Waals surface area contributed by atoms with Gasteiger partial charge in [-0.25, -0.2) is 0 Å². The van der Waals surface area contributed by atoms with E-state index in [2.05, 4.69) is 13.8 Å². The quantitative estimate of drug-likeness (QED) is 0.169. The molecule has 3 saturated carbocycles. The SMILES string of the molecule is CCCCCCCCCCOC(=O)C1(C2(CCCC)CCC(C3CCCCC3)CC2)CCCCC1. The molecule has 0 N–H and O–H groups in total. The summed E-state index contributed by atoms with van der Waals surface area (Å²) < 4.78 is 6.19. The molecule has 2 nitrogen and oxygen atoms in total. The standard InChI is InChI=1S/C33H60O2/c1-3-5-7-8-9-10-11-18-28-35-31(34)33(24-16-13-17-25-33)32(23-6-4-2)26-21-30(22-27-32)29-19-14-12-15-20-29/h29-30H,3-28H2,1-2H3. The lowest BCUT2D eigenvalue weighted by molar-refractivity contribution is -0.175. The predicted molar refractivity (Wildman–Crippen MR) is 150 cm³/mol. The molecule has 35 heavy (non-hydrogen) atoms. The average molecular weight is 489 g/mol. The molecule has 0 radical (unpaired) electrons. The Labute approximate surface area is 219 Å². The van der Waals surface area contributed by atoms with E-state index in [1.165, 1.54) is 141 Å². The van der Waals surface area contributed by atoms with Gasteiger partial charge in [0, 0.05) is 0 Å². The monoisotopic (exact) mass is 488 g/mol. The van der Waals surface area contributed by atoms with Gasteiger partial charge in [0.15, 0.2) is 0 Å². The van der Waals surface area contributed by atoms with Crippen molar-refractivity contribution in [3.63, 3.8) is 0 Å². The van der Waals surface area contributed by atoms with E-state index in [1.807, 2.05) is 0 Å². The van der Waals surface area contributed by atoms with E-state index in [0.717, 1.165) is 31.1 Å². The molecule has 0 aliphatic heterocycles. The highest BCUT2D eigenvalue weighted by atomic mass is 16.5. The zero-order valence-electron chi connectivity index (χ0n) is 23.9. The van der Waals surface area contributed by atoms with Crippen LogP contribution in [-0.4, -0.2) is 12.6 Å². The zero-order valence-corrected chi connectivity index (χ0v) is 23.9. The summed E-state index contributed by atoms with van der Waals surface area (Å²) >= 11 is 0. The van der Waals surface area contributed by atoms with E-state index in [0.29, 0.717) is 6.61 Å². The van der Waals surface area contributed by atoms with Gasteiger partial charge in [0.1, 0.15) is 0 Å². The van der Waals surface area contributed by atoms with Gasteiger partial charge in [-0.1, -0.05) is 123 Å². The first-order chi connectivity index (χ1) is 17.2. The van der Waals surface area contributed by atoms with Gasteiger partial charge < -0.3 is 4.74 Å². The third kappa shape index (κ3) is 7.98. The van der Waals surface area contributed by atoms with Crippen LogP contribution in [0.15, 0.2) is 0 Å². The van der Waals surface area contributed by atoms with Crippen molar-refractivity contribution in [2.45, 2.75) is 174 Å². The first kappa shape index (κ1) is 29.0. The summed E-state index contributed by atoms with van der Waals surface area (Å²) in [5.41, 5.74) is 0.0308. The smallest absolute Gasteiger partial charge is 0.312 e. The van der Waals surface area contributed by atoms with Crippen LogP contribution in [-0.2, 0) is 9.53 Å². The van der Waals surface area contributed by atoms with Gasteiger partial charge in [0.2, 0.25) is 0 Å². The second kappa shape index (κ2) is 15.7. The third-order valence-electron chi connectivity index (χ3n) is 10.7. The molecule has 2 heteroatoms. The highest BCUT2D eigenvalue weighted by molar-refractivity contribution is 5.78. The first-order valence-corrected chi connectivity index (χ1v) is 16.3. The molecule has 0 heterocycles. The van der Waals surface area contributed by atoms with E-state index in [1.54, 1.807) is 0 Å². The Kier molecular flexibility index (Phi) is 13.0. The number of carbonyl (C=O) groups is 1. The van der Waals surface area contributed by atoms with Crippen molar-refractivity contribution in [3.8, 4) is 0 Å². The van der Waals surface area contributed by atoms with Crippen LogP contribution in [0.1, 0.15) is 174 Å². The van der Waals surface area contributed by atoms with Crippen LogP contribution in [0, 0.1) is 22.7 Å². The van der Waals surface area contributed by atoms with Gasteiger partial charge in [-0.3, -0.25) is 4.79 Å². The second-order valence-electron chi connectivity index (χ2n) is 12.9. The Bertz CT molecular complexity index is 562. The Morgan fingerprint density at radius 3 is 1.80 bits per heavy atom. The lowest BCUT2D eigenvalue weighted by Gasteiger charge is -2.55. The maximum absolute atomic E-state index is 14.0. The minimum Gasteiger partial charge on any atom is -0.465 e. The van der Waals surface area contributed by atoms with Gasteiger partial charge in [0.05, 0.1) is 12.0 Å². The van der Waals surface area contributed by atoms with Crippen molar-refractivity contribution < 1.29 is 9.53 Å². The number of carbonyl (C=O) groups excluding carboxylic acids is 1. The Hall–Kier alpha value is -0.530. The predicted octanol–water partition coefficient (Wildman–Crippen LogP) is 10.6. The lowest BCUT2D eigenvalue weighted by Crippen LogP contribution is -2.52. The molecule has 0 aromatic carbocycles. The molecule has 204 valence electrons. The largest absolute Gasteiger partial charge is 0.465 e. The summed E-state index contributed by atoms with van der Waals surface area (Å²) in [7, 11) is 0. The van der Waals surface area contributed by atoms with Crippen molar-refractivity contribution >= 4 is 5.97 Å². The molecular weight excluding hydrogens is 428 g/mol. The summed E-state index contributed by atoms with van der Waals surface area (Å²) in [6.07, 6.45) is 32.8. The molecule has 3 rings (SSSR count). The molecule has 3 fully saturated rings. The van der Waals surface area contributed by atoms with Gasteiger partial charge in [-0.15, -0.1) is 0 Å². The van der Waals surface area contributed by atoms with Crippen LogP contribution in [0.2, 0.25) is 0 Å². The van der Waals surface area contributed by atoms with Crippen molar-refractivity contribution in [1.82, 2.24) is 0 Å². The summed E-state index contributed by atoms with van der Waals surface area (Å²) in [5, 5.41) is 0. The molecule has 0 atom stereocenters. The number of unbranched alkanes of at least 4 members (excludes halogenated alkanes) is 8. The van der Waals surface area contributed by atoms with Crippen LogP contribution < -0.4 is 0 Å². The van der Waals surface area contributed by atoms with Crippen LogP contribution in [0.4, 0.5) is 0 Å². The number of ether oxygens (including phenoxy) is 1. The maximum Gasteiger partial charge on any atom is 0.312 e. The Balaban J connectivity index is 1.58. The minimum absolute atomic E-state index is 0.182. The second-order valence-corrected chi connectivity index (χ2v) is 12.9. The Morgan fingerprint density at radius 2 is 1.17 bits per heavy atom. The zero-order chi connectivity index (χ0) is 24.8. The summed E-state index contributed by atoms with van der Waals surface area (Å²) in [6, 6.07) is 0. The minimum atomic E-state index is -0.182. The maximum atomic E-state index is 14.0. The molecule has 0 bridgehead atoms. The van der Waals surface area contributed by atoms with Gasteiger partial charge in [0.25, 0.3) is 0 Å². The number of hydrogen-bond acceptors (Lipinski definition) is 2. The Morgan fingerprint density at radius 1 is 0.629 bits per heavy atom. The van der Waals surface area contributed by atoms with Gasteiger partial charge >= 0.3 is 5.97 Å². The molecule has 0 unspecified atom stereocenters. The fourth-order valence-corrected chi connectivity index (χ4v) is 8.40. The summed E-state index contributed by atoms with van der Waals surface area (Å²) in [5.74, 6) is 2.12. The number of rotatable bonds is 15. The fraction of sp³-hybridized carbons (Fsp3) is 0.970. The lowest BCUT2D eigenvalue weighted by atomic mass is 9.49. The van der Waals surface area contributed by atoms with Gasteiger partial charge in [-0.2, -0.15) is 0 Å². The molecule has 0 aromatic rings. The van der Waals surface area contributed by atoms with E-state index >= 15 is 0 Å². The van der Waals surface area contributed by atoms with E-state index < -0.39 is 0 Å². The topological polar surface area (TPSA) is 26.3 Å². The fourth-order valence-electron chi connectivity index (χ4n) is 8.40. The molecule has 3 aliphatic rings. The van der Waals surface area contributed by atoms with Crippen LogP contribution >= 0.6 is 0 Å². The van der Waals surface area contributed by atoms with Crippen LogP contribution in [0.25, 0.3) is 0 Å². The first-order valence-electron chi connectivity index (χ1n) is 16.3. The van der Waals surface area contributed by atoms with Crippen LogP contribution in [0.3, 0.4) is 0 Å². The average Bonchev–Trinajstić information content (AvgIpc) is 2.92. The van der Waals surface area contributed by atoms with E-state index in [4.69, 9.17) is 4.74 Å². The molecular formula is C33H60O2. The van der Waals surface area contributed by atoms with Crippen molar-refractivity contribution in [3.05, 3.63) is 0 Å². The number of esters is 1. The normalized spacial score (nSPS) is 27.5. The van der Waals surface area contributed by atoms with Crippen LogP contribution in [0.5, 0.6) is 0 Å². The molecule has 3 aliphatic carbocycles. The highest BCUT2D eigenvalue weighted by Crippen LogP contribution is 2.61. The molecule has 0 saturated heterocycles. The van der Waals surface area contributed by atoms with Crippen molar-refractivity contribution in [2.75, 3.05) is 6.61 Å². The molecule has 0 spiro atoms.